The number of aromatic nitrogens is 3. The second-order valence-electron chi connectivity index (χ2n) is 4.16. The Morgan fingerprint density at radius 1 is 1.16 bits per heavy atom. The molecule has 0 fully saturated rings. The highest BCUT2D eigenvalue weighted by Crippen LogP contribution is 2.21. The van der Waals surface area contributed by atoms with Gasteiger partial charge in [-0.25, -0.2) is 8.78 Å². The molecule has 0 saturated heterocycles. The monoisotopic (exact) mass is 260 g/mol. The molecule has 0 spiro atoms. The Morgan fingerprint density at radius 3 is 2.63 bits per heavy atom. The minimum atomic E-state index is -0.660. The van der Waals surface area contributed by atoms with Crippen LogP contribution < -0.4 is 0 Å². The Labute approximate surface area is 108 Å². The molecule has 19 heavy (non-hydrogen) atoms. The van der Waals surface area contributed by atoms with Crippen LogP contribution in [0.4, 0.5) is 8.78 Å². The van der Waals surface area contributed by atoms with Crippen molar-refractivity contribution in [2.24, 2.45) is 4.99 Å². The molecule has 6 heteroatoms. The standard InChI is InChI=1S/C13H10F2N4/c14-9-5-10(15)7-11(6-9)19-17-8-13(18-19)12-3-1-2-4-16-12/h1-2,4-8,12H,3H2. The van der Waals surface area contributed by atoms with Crippen molar-refractivity contribution in [3.05, 3.63) is 53.9 Å². The van der Waals surface area contributed by atoms with Crippen molar-refractivity contribution in [3.63, 3.8) is 0 Å². The zero-order valence-corrected chi connectivity index (χ0v) is 9.87. The lowest BCUT2D eigenvalue weighted by Crippen LogP contribution is -2.03. The summed E-state index contributed by atoms with van der Waals surface area (Å²) < 4.78 is 26.3. The van der Waals surface area contributed by atoms with Gasteiger partial charge in [-0.2, -0.15) is 15.0 Å². The van der Waals surface area contributed by atoms with Crippen LogP contribution in [0.3, 0.4) is 0 Å². The summed E-state index contributed by atoms with van der Waals surface area (Å²) in [6.07, 6.45) is 7.85. The van der Waals surface area contributed by atoms with Crippen molar-refractivity contribution in [2.75, 3.05) is 0 Å². The molecule has 2 heterocycles. The van der Waals surface area contributed by atoms with Crippen LogP contribution in [0.25, 0.3) is 5.69 Å². The molecule has 1 aliphatic rings. The van der Waals surface area contributed by atoms with Crippen LogP contribution >= 0.6 is 0 Å². The Hall–Kier alpha value is -2.37. The molecular weight excluding hydrogens is 250 g/mol. The largest absolute Gasteiger partial charge is 0.283 e. The van der Waals surface area contributed by atoms with Gasteiger partial charge in [0.25, 0.3) is 0 Å². The molecule has 96 valence electrons. The molecule has 0 radical (unpaired) electrons. The third-order valence-corrected chi connectivity index (χ3v) is 2.78. The molecule has 0 bridgehead atoms. The van der Waals surface area contributed by atoms with Crippen LogP contribution in [0.5, 0.6) is 0 Å². The molecule has 2 aromatic rings. The summed E-state index contributed by atoms with van der Waals surface area (Å²) in [5.41, 5.74) is 0.921. The van der Waals surface area contributed by atoms with E-state index in [1.54, 1.807) is 12.4 Å². The van der Waals surface area contributed by atoms with Gasteiger partial charge in [0.2, 0.25) is 0 Å². The third-order valence-electron chi connectivity index (χ3n) is 2.78. The lowest BCUT2D eigenvalue weighted by Gasteiger charge is -2.08. The second kappa shape index (κ2) is 4.72. The summed E-state index contributed by atoms with van der Waals surface area (Å²) in [6.45, 7) is 0. The molecule has 1 aliphatic heterocycles. The van der Waals surface area contributed by atoms with Crippen molar-refractivity contribution >= 4 is 6.21 Å². The fourth-order valence-corrected chi connectivity index (χ4v) is 1.89. The molecule has 1 aromatic heterocycles. The Bertz CT molecular complexity index is 640. The number of allylic oxidation sites excluding steroid dienone is 1. The predicted molar refractivity (Wildman–Crippen MR) is 66.3 cm³/mol. The van der Waals surface area contributed by atoms with Gasteiger partial charge in [-0.05, 0) is 12.5 Å². The van der Waals surface area contributed by atoms with E-state index in [1.165, 1.54) is 16.9 Å². The van der Waals surface area contributed by atoms with Crippen molar-refractivity contribution in [3.8, 4) is 5.69 Å². The summed E-state index contributed by atoms with van der Waals surface area (Å²) >= 11 is 0. The minimum absolute atomic E-state index is 0.0860. The average molecular weight is 260 g/mol. The first-order valence-electron chi connectivity index (χ1n) is 5.79. The highest BCUT2D eigenvalue weighted by Gasteiger charge is 2.14. The van der Waals surface area contributed by atoms with Crippen LogP contribution in [0.1, 0.15) is 18.2 Å². The summed E-state index contributed by atoms with van der Waals surface area (Å²) in [4.78, 5) is 5.47. The summed E-state index contributed by atoms with van der Waals surface area (Å²) in [7, 11) is 0. The minimum Gasteiger partial charge on any atom is -0.283 e. The van der Waals surface area contributed by atoms with Gasteiger partial charge in [-0.1, -0.05) is 6.08 Å². The molecule has 0 amide bonds. The molecular formula is C13H10F2N4. The first-order chi connectivity index (χ1) is 9.22. The van der Waals surface area contributed by atoms with Gasteiger partial charge in [0, 0.05) is 24.4 Å². The maximum absolute atomic E-state index is 13.1. The van der Waals surface area contributed by atoms with Crippen LogP contribution in [0, 0.1) is 11.6 Å². The maximum atomic E-state index is 13.1. The summed E-state index contributed by atoms with van der Waals surface area (Å²) in [5, 5.41) is 8.23. The number of benzene rings is 1. The van der Waals surface area contributed by atoms with E-state index in [-0.39, 0.29) is 11.7 Å². The van der Waals surface area contributed by atoms with Crippen LogP contribution in [-0.2, 0) is 0 Å². The van der Waals surface area contributed by atoms with Crippen LogP contribution in [0.2, 0.25) is 0 Å². The number of nitrogens with zero attached hydrogens (tertiary/aromatic N) is 4. The lowest BCUT2D eigenvalue weighted by molar-refractivity contribution is 0.576. The van der Waals surface area contributed by atoms with Gasteiger partial charge in [-0.3, -0.25) is 4.99 Å². The fourth-order valence-electron chi connectivity index (χ4n) is 1.89. The van der Waals surface area contributed by atoms with Gasteiger partial charge in [0.1, 0.15) is 17.3 Å². The number of aliphatic imine (C=N–C) groups is 1. The number of rotatable bonds is 2. The summed E-state index contributed by atoms with van der Waals surface area (Å²) in [5.74, 6) is -1.32. The first-order valence-corrected chi connectivity index (χ1v) is 5.79. The molecule has 4 nitrogen and oxygen atoms in total. The molecule has 1 unspecified atom stereocenters. The van der Waals surface area contributed by atoms with E-state index in [2.05, 4.69) is 15.2 Å². The topological polar surface area (TPSA) is 43.1 Å². The molecule has 3 rings (SSSR count). The number of dihydropyridines is 1. The third kappa shape index (κ3) is 2.42. The summed E-state index contributed by atoms with van der Waals surface area (Å²) in [6, 6.07) is 3.08. The van der Waals surface area contributed by atoms with Gasteiger partial charge in [-0.15, -0.1) is 0 Å². The first kappa shape index (κ1) is 11.7. The fraction of sp³-hybridized carbons (Fsp3) is 0.154. The van der Waals surface area contributed by atoms with Crippen LogP contribution in [0.15, 0.2) is 41.5 Å². The van der Waals surface area contributed by atoms with E-state index < -0.39 is 11.6 Å². The zero-order valence-electron chi connectivity index (χ0n) is 9.87. The average Bonchev–Trinajstić information content (AvgIpc) is 2.88. The Morgan fingerprint density at radius 2 is 1.95 bits per heavy atom. The number of hydrogen-bond acceptors (Lipinski definition) is 3. The maximum Gasteiger partial charge on any atom is 0.128 e. The van der Waals surface area contributed by atoms with E-state index in [0.717, 1.165) is 12.5 Å². The van der Waals surface area contributed by atoms with E-state index in [1.807, 2.05) is 12.2 Å². The zero-order chi connectivity index (χ0) is 13.2. The second-order valence-corrected chi connectivity index (χ2v) is 4.16. The van der Waals surface area contributed by atoms with E-state index in [9.17, 15) is 8.78 Å². The van der Waals surface area contributed by atoms with E-state index >= 15 is 0 Å². The smallest absolute Gasteiger partial charge is 0.128 e. The van der Waals surface area contributed by atoms with Crippen LogP contribution in [-0.4, -0.2) is 21.2 Å². The van der Waals surface area contributed by atoms with Crippen molar-refractivity contribution in [1.82, 2.24) is 15.0 Å². The number of hydrogen-bond donors (Lipinski definition) is 0. The van der Waals surface area contributed by atoms with Crippen molar-refractivity contribution < 1.29 is 8.78 Å². The molecule has 0 saturated carbocycles. The number of halogens is 2. The Kier molecular flexibility index (Phi) is 2.91. The molecule has 1 aromatic carbocycles. The van der Waals surface area contributed by atoms with Gasteiger partial charge in [0.05, 0.1) is 17.9 Å². The molecule has 0 aliphatic carbocycles. The predicted octanol–water partition coefficient (Wildman–Crippen LogP) is 2.62. The van der Waals surface area contributed by atoms with Gasteiger partial charge >= 0.3 is 0 Å². The van der Waals surface area contributed by atoms with E-state index in [4.69, 9.17) is 0 Å². The molecule has 1 atom stereocenters. The highest BCUT2D eigenvalue weighted by molar-refractivity contribution is 5.72. The Balaban J connectivity index is 1.92. The highest BCUT2D eigenvalue weighted by atomic mass is 19.1. The van der Waals surface area contributed by atoms with E-state index in [0.29, 0.717) is 5.69 Å². The van der Waals surface area contributed by atoms with Gasteiger partial charge < -0.3 is 0 Å². The SMILES string of the molecule is Fc1cc(F)cc(-n2ncc(C3CC=CC=N3)n2)c1. The van der Waals surface area contributed by atoms with Crippen molar-refractivity contribution in [1.29, 1.82) is 0 Å². The van der Waals surface area contributed by atoms with Gasteiger partial charge in [0.15, 0.2) is 0 Å². The quantitative estimate of drug-likeness (QED) is 0.833. The van der Waals surface area contributed by atoms with Crippen molar-refractivity contribution in [2.45, 2.75) is 12.5 Å². The molecule has 0 N–H and O–H groups in total. The normalized spacial score (nSPS) is 17.9. The lowest BCUT2D eigenvalue weighted by atomic mass is 10.1.